The number of allylic oxidation sites excluding steroid dienone is 1. The molecule has 1 heterocycles. The Morgan fingerprint density at radius 1 is 0.900 bits per heavy atom. The van der Waals surface area contributed by atoms with Crippen molar-refractivity contribution in [3.8, 4) is 0 Å². The number of nitrogens with zero attached hydrogens (tertiary/aromatic N) is 2. The molecular formula is C42H74N2O4Si2. The Hall–Kier alpha value is -0.966. The van der Waals surface area contributed by atoms with E-state index in [0.29, 0.717) is 30.4 Å². The average Bonchev–Trinajstić information content (AvgIpc) is 3.32. The largest absolute Gasteiger partial charge is 0.414 e. The summed E-state index contributed by atoms with van der Waals surface area (Å²) in [5, 5.41) is 0.227. The van der Waals surface area contributed by atoms with Gasteiger partial charge in [0.05, 0.1) is 5.60 Å². The van der Waals surface area contributed by atoms with E-state index in [2.05, 4.69) is 85.3 Å². The minimum Gasteiger partial charge on any atom is -0.414 e. The first-order chi connectivity index (χ1) is 23.3. The molecule has 5 fully saturated rings. The molecule has 0 N–H and O–H groups in total. The van der Waals surface area contributed by atoms with Crippen LogP contribution in [0.2, 0.25) is 37.8 Å². The van der Waals surface area contributed by atoms with Gasteiger partial charge in [-0.3, -0.25) is 9.59 Å². The lowest BCUT2D eigenvalue weighted by Gasteiger charge is -2.63. The van der Waals surface area contributed by atoms with Gasteiger partial charge in [0.25, 0.3) is 0 Å². The number of fused-ring (bicyclic) bond motifs is 5. The molecule has 4 saturated carbocycles. The third-order valence-corrected chi connectivity index (χ3v) is 21.2. The Morgan fingerprint density at radius 2 is 1.58 bits per heavy atom. The summed E-state index contributed by atoms with van der Waals surface area (Å²) >= 11 is 0. The molecule has 1 aliphatic heterocycles. The molecule has 0 radical (unpaired) electrons. The third-order valence-electron chi connectivity index (χ3n) is 15.7. The highest BCUT2D eigenvalue weighted by Gasteiger charge is 2.70. The van der Waals surface area contributed by atoms with Crippen molar-refractivity contribution in [3.05, 3.63) is 11.6 Å². The summed E-state index contributed by atoms with van der Waals surface area (Å²) < 4.78 is 14.7. The summed E-state index contributed by atoms with van der Waals surface area (Å²) in [4.78, 5) is 33.6. The van der Waals surface area contributed by atoms with E-state index < -0.39 is 28.3 Å². The van der Waals surface area contributed by atoms with E-state index in [1.54, 1.807) is 5.57 Å². The quantitative estimate of drug-likeness (QED) is 0.175. The lowest BCUT2D eigenvalue weighted by molar-refractivity contribution is -0.187. The first-order valence-corrected chi connectivity index (χ1v) is 27.3. The number of carbonyl (C=O) groups is 2. The van der Waals surface area contributed by atoms with Crippen molar-refractivity contribution in [1.82, 2.24) is 9.80 Å². The average molecular weight is 727 g/mol. The van der Waals surface area contributed by atoms with Crippen molar-refractivity contribution in [2.24, 2.45) is 28.6 Å². The smallest absolute Gasteiger partial charge is 0.249 e. The molecule has 0 aromatic rings. The zero-order chi connectivity index (χ0) is 36.5. The zero-order valence-electron chi connectivity index (χ0n) is 34.1. The highest BCUT2D eigenvalue weighted by molar-refractivity contribution is 6.74. The van der Waals surface area contributed by atoms with Crippen molar-refractivity contribution >= 4 is 28.4 Å². The SMILES string of the molecule is CCCCN1C(=O)CN(C2CCCCC2)C(=O)[C@@H]1[C@@]1(O[Si](C)(C)C)CC[C@H]2[C@@H]3CC=C4C[C@@H](O[Si](C)(C)C(C)(C)C)CC[C@]4(C)[C@H]3CC[C@@]21C. The summed E-state index contributed by atoms with van der Waals surface area (Å²) in [5.41, 5.74) is 1.10. The van der Waals surface area contributed by atoms with Gasteiger partial charge in [-0.15, -0.1) is 0 Å². The van der Waals surface area contributed by atoms with E-state index in [0.717, 1.165) is 77.0 Å². The van der Waals surface area contributed by atoms with Crippen LogP contribution in [0.1, 0.15) is 138 Å². The van der Waals surface area contributed by atoms with E-state index in [1.807, 2.05) is 4.90 Å². The molecule has 6 aliphatic rings. The summed E-state index contributed by atoms with van der Waals surface area (Å²) in [6.45, 7) is 27.0. The van der Waals surface area contributed by atoms with Gasteiger partial charge in [-0.2, -0.15) is 0 Å². The first kappa shape index (κ1) is 38.7. The van der Waals surface area contributed by atoms with Crippen molar-refractivity contribution in [3.63, 3.8) is 0 Å². The summed E-state index contributed by atoms with van der Waals surface area (Å²) in [6, 6.07) is -0.318. The van der Waals surface area contributed by atoms with Crippen LogP contribution in [0.25, 0.3) is 0 Å². The molecule has 8 heteroatoms. The van der Waals surface area contributed by atoms with E-state index in [1.165, 1.54) is 19.3 Å². The van der Waals surface area contributed by atoms with Gasteiger partial charge in [-0.05, 0) is 132 Å². The Bertz CT molecular complexity index is 1310. The maximum atomic E-state index is 15.2. The molecule has 8 atom stereocenters. The second kappa shape index (κ2) is 13.7. The van der Waals surface area contributed by atoms with Gasteiger partial charge in [0.1, 0.15) is 12.6 Å². The number of piperazine rings is 1. The fraction of sp³-hybridized carbons (Fsp3) is 0.905. The summed E-state index contributed by atoms with van der Waals surface area (Å²) in [7, 11) is -3.96. The van der Waals surface area contributed by atoms with Crippen molar-refractivity contribution in [2.75, 3.05) is 13.1 Å². The second-order valence-electron chi connectivity index (χ2n) is 20.7. The highest BCUT2D eigenvalue weighted by Crippen LogP contribution is 2.69. The Morgan fingerprint density at radius 3 is 2.22 bits per heavy atom. The fourth-order valence-electron chi connectivity index (χ4n) is 12.1. The Kier molecular flexibility index (Phi) is 10.6. The fourth-order valence-corrected chi connectivity index (χ4v) is 15.0. The maximum Gasteiger partial charge on any atom is 0.249 e. The normalized spacial score (nSPS) is 38.9. The molecule has 0 aromatic heterocycles. The number of carbonyl (C=O) groups excluding carboxylic acids is 2. The van der Waals surface area contributed by atoms with E-state index in [-0.39, 0.29) is 40.3 Å². The van der Waals surface area contributed by atoms with Gasteiger partial charge in [0.2, 0.25) is 11.8 Å². The molecule has 6 nitrogen and oxygen atoms in total. The molecule has 6 rings (SSSR count). The van der Waals surface area contributed by atoms with Crippen LogP contribution in [0.3, 0.4) is 0 Å². The molecule has 0 spiro atoms. The minimum absolute atomic E-state index is 0.153. The van der Waals surface area contributed by atoms with Crippen LogP contribution in [-0.4, -0.2) is 75.1 Å². The Balaban J connectivity index is 1.34. The zero-order valence-corrected chi connectivity index (χ0v) is 36.1. The predicted octanol–water partition coefficient (Wildman–Crippen LogP) is 10.1. The van der Waals surface area contributed by atoms with Crippen LogP contribution in [-0.2, 0) is 18.4 Å². The lowest BCUT2D eigenvalue weighted by Crippen LogP contribution is -2.74. The van der Waals surface area contributed by atoms with Gasteiger partial charge < -0.3 is 18.7 Å². The van der Waals surface area contributed by atoms with Crippen LogP contribution in [0.15, 0.2) is 11.6 Å². The molecular weight excluding hydrogens is 653 g/mol. The summed E-state index contributed by atoms with van der Waals surface area (Å²) in [5.74, 6) is 2.11. The van der Waals surface area contributed by atoms with Gasteiger partial charge >= 0.3 is 0 Å². The standard InChI is InChI=1S/C42H74N2O4Si2/c1-12-13-27-43-36(45)29-44(31-17-15-14-16-18-31)38(46)37(43)42(48-49(7,8)9)26-23-35-33-20-19-30-28-32(47-50(10,11)39(2,3)4)21-24-40(30,5)34(33)22-25-41(35,42)6/h19,31-35,37H,12-18,20-29H2,1-11H3/t32-,33+,34-,35-,37+,40-,41-,42-/m0/s1. The number of hydrogen-bond donors (Lipinski definition) is 0. The molecule has 0 bridgehead atoms. The lowest BCUT2D eigenvalue weighted by atomic mass is 9.46. The number of unbranched alkanes of at least 4 members (excludes halogenated alkanes) is 1. The molecule has 5 aliphatic carbocycles. The maximum absolute atomic E-state index is 15.2. The monoisotopic (exact) mass is 727 g/mol. The van der Waals surface area contributed by atoms with E-state index in [4.69, 9.17) is 8.85 Å². The van der Waals surface area contributed by atoms with Gasteiger partial charge in [0, 0.05) is 24.1 Å². The third kappa shape index (κ3) is 6.58. The van der Waals surface area contributed by atoms with Crippen LogP contribution >= 0.6 is 0 Å². The molecule has 0 aromatic carbocycles. The topological polar surface area (TPSA) is 59.1 Å². The minimum atomic E-state index is -2.13. The molecule has 284 valence electrons. The second-order valence-corrected chi connectivity index (χ2v) is 29.9. The molecule has 0 unspecified atom stereocenters. The van der Waals surface area contributed by atoms with Crippen molar-refractivity contribution in [2.45, 2.75) is 199 Å². The van der Waals surface area contributed by atoms with E-state index in [9.17, 15) is 4.79 Å². The van der Waals surface area contributed by atoms with Gasteiger partial charge in [0.15, 0.2) is 16.6 Å². The molecule has 1 saturated heterocycles. The highest BCUT2D eigenvalue weighted by atomic mass is 28.4. The van der Waals surface area contributed by atoms with Crippen molar-refractivity contribution < 1.29 is 18.4 Å². The number of hydrogen-bond acceptors (Lipinski definition) is 4. The Labute approximate surface area is 308 Å². The predicted molar refractivity (Wildman–Crippen MR) is 210 cm³/mol. The van der Waals surface area contributed by atoms with Crippen LogP contribution < -0.4 is 0 Å². The first-order valence-electron chi connectivity index (χ1n) is 21.0. The summed E-state index contributed by atoms with van der Waals surface area (Å²) in [6.07, 6.45) is 19.4. The van der Waals surface area contributed by atoms with Crippen LogP contribution in [0.4, 0.5) is 0 Å². The van der Waals surface area contributed by atoms with Crippen LogP contribution in [0, 0.1) is 28.6 Å². The van der Waals surface area contributed by atoms with Gasteiger partial charge in [-0.1, -0.05) is 78.9 Å². The molecule has 50 heavy (non-hydrogen) atoms. The molecule has 2 amide bonds. The van der Waals surface area contributed by atoms with E-state index >= 15 is 4.79 Å². The number of rotatable bonds is 9. The van der Waals surface area contributed by atoms with Crippen molar-refractivity contribution in [1.29, 1.82) is 0 Å². The van der Waals surface area contributed by atoms with Gasteiger partial charge in [-0.25, -0.2) is 0 Å². The number of amides is 2. The van der Waals surface area contributed by atoms with Crippen LogP contribution in [0.5, 0.6) is 0 Å².